The van der Waals surface area contributed by atoms with Gasteiger partial charge in [0.25, 0.3) is 0 Å². The number of methoxy groups -OCH3 is 1. The monoisotopic (exact) mass is 525 g/mol. The summed E-state index contributed by atoms with van der Waals surface area (Å²) >= 11 is 1.97. The van der Waals surface area contributed by atoms with Gasteiger partial charge in [-0.25, -0.2) is 29.2 Å². The van der Waals surface area contributed by atoms with E-state index in [0.29, 0.717) is 5.56 Å². The van der Waals surface area contributed by atoms with Gasteiger partial charge in [0.05, 0.1) is 11.2 Å². The first-order chi connectivity index (χ1) is 12.8. The molecule has 6 nitrogen and oxygen atoms in total. The maximum atomic E-state index is 14.5. The van der Waals surface area contributed by atoms with E-state index in [0.717, 1.165) is 18.2 Å². The topological polar surface area (TPSA) is 84.7 Å². The zero-order chi connectivity index (χ0) is 20.1. The predicted octanol–water partition coefficient (Wildman–Crippen LogP) is 4.01. The van der Waals surface area contributed by atoms with Crippen molar-refractivity contribution in [1.29, 1.82) is 0 Å². The SMILES string of the molecule is COC(=O)c1c(F)cccc1-c1ccc(CNC(=O)N(N)C(C)I)c(F)c1.Cl. The molecule has 0 spiro atoms. The smallest absolute Gasteiger partial charge is 0.341 e. The van der Waals surface area contributed by atoms with E-state index in [2.05, 4.69) is 10.1 Å². The molecule has 2 aromatic carbocycles. The minimum Gasteiger partial charge on any atom is -0.465 e. The molecule has 0 saturated carbocycles. The van der Waals surface area contributed by atoms with Gasteiger partial charge in [0.15, 0.2) is 0 Å². The maximum absolute atomic E-state index is 14.5. The van der Waals surface area contributed by atoms with Gasteiger partial charge in [-0.2, -0.15) is 0 Å². The lowest BCUT2D eigenvalue weighted by Crippen LogP contribution is -2.47. The van der Waals surface area contributed by atoms with Gasteiger partial charge in [-0.05, 0) is 30.2 Å². The first kappa shape index (κ1) is 24.1. The number of ether oxygens (including phenoxy) is 1. The highest BCUT2D eigenvalue weighted by atomic mass is 127. The van der Waals surface area contributed by atoms with Crippen LogP contribution in [0.15, 0.2) is 36.4 Å². The van der Waals surface area contributed by atoms with Gasteiger partial charge < -0.3 is 10.1 Å². The van der Waals surface area contributed by atoms with Crippen LogP contribution in [-0.2, 0) is 11.3 Å². The molecule has 0 aromatic heterocycles. The van der Waals surface area contributed by atoms with Crippen LogP contribution in [0.1, 0.15) is 22.8 Å². The van der Waals surface area contributed by atoms with E-state index in [9.17, 15) is 18.4 Å². The summed E-state index contributed by atoms with van der Waals surface area (Å²) in [7, 11) is 1.14. The Bertz CT molecular complexity index is 868. The van der Waals surface area contributed by atoms with Crippen LogP contribution in [0.5, 0.6) is 0 Å². The molecular formula is C18H19ClF2IN3O3. The lowest BCUT2D eigenvalue weighted by atomic mass is 9.98. The van der Waals surface area contributed by atoms with Crippen LogP contribution in [0.25, 0.3) is 11.1 Å². The summed E-state index contributed by atoms with van der Waals surface area (Å²) in [6.45, 7) is 1.66. The van der Waals surface area contributed by atoms with Gasteiger partial charge in [0, 0.05) is 12.1 Å². The van der Waals surface area contributed by atoms with Crippen LogP contribution in [0.2, 0.25) is 0 Å². The molecule has 0 bridgehead atoms. The summed E-state index contributed by atoms with van der Waals surface area (Å²) < 4.78 is 32.9. The van der Waals surface area contributed by atoms with E-state index >= 15 is 0 Å². The Morgan fingerprint density at radius 3 is 2.50 bits per heavy atom. The van der Waals surface area contributed by atoms with Crippen molar-refractivity contribution in [3.8, 4) is 11.1 Å². The lowest BCUT2D eigenvalue weighted by molar-refractivity contribution is 0.0596. The van der Waals surface area contributed by atoms with Gasteiger partial charge in [0.2, 0.25) is 0 Å². The molecule has 2 amide bonds. The summed E-state index contributed by atoms with van der Waals surface area (Å²) in [6, 6.07) is 7.66. The second kappa shape index (κ2) is 10.5. The predicted molar refractivity (Wildman–Crippen MR) is 112 cm³/mol. The molecule has 2 rings (SSSR count). The number of carbonyl (C=O) groups is 2. The van der Waals surface area contributed by atoms with Gasteiger partial charge in [-0.15, -0.1) is 12.4 Å². The largest absolute Gasteiger partial charge is 0.465 e. The van der Waals surface area contributed by atoms with E-state index in [-0.39, 0.29) is 39.7 Å². The number of alkyl halides is 1. The Kier molecular flexibility index (Phi) is 9.05. The Hall–Kier alpha value is -1.98. The number of nitrogens with two attached hydrogens (primary N) is 1. The first-order valence-corrected chi connectivity index (χ1v) is 9.12. The average Bonchev–Trinajstić information content (AvgIpc) is 2.65. The van der Waals surface area contributed by atoms with Crippen molar-refractivity contribution in [2.45, 2.75) is 17.5 Å². The van der Waals surface area contributed by atoms with Gasteiger partial charge in [0.1, 0.15) is 17.2 Å². The summed E-state index contributed by atoms with van der Waals surface area (Å²) in [5.74, 6) is 3.35. The third-order valence-electron chi connectivity index (χ3n) is 3.82. The fourth-order valence-electron chi connectivity index (χ4n) is 2.36. The summed E-state index contributed by atoms with van der Waals surface area (Å²) in [5, 5.41) is 3.50. The first-order valence-electron chi connectivity index (χ1n) is 7.87. The van der Waals surface area contributed by atoms with Gasteiger partial charge in [-0.3, -0.25) is 0 Å². The van der Waals surface area contributed by atoms with Crippen LogP contribution in [0.3, 0.4) is 0 Å². The van der Waals surface area contributed by atoms with Crippen LogP contribution in [-0.4, -0.2) is 28.2 Å². The van der Waals surface area contributed by atoms with E-state index in [1.165, 1.54) is 30.3 Å². The second-order valence-corrected chi connectivity index (χ2v) is 7.40. The third-order valence-corrected chi connectivity index (χ3v) is 4.42. The van der Waals surface area contributed by atoms with Crippen LogP contribution in [0.4, 0.5) is 13.6 Å². The zero-order valence-electron chi connectivity index (χ0n) is 15.0. The molecule has 1 atom stereocenters. The highest BCUT2D eigenvalue weighted by Gasteiger charge is 2.19. The van der Waals surface area contributed by atoms with Crippen LogP contribution < -0.4 is 11.2 Å². The van der Waals surface area contributed by atoms with Crippen molar-refractivity contribution in [3.63, 3.8) is 0 Å². The Balaban J connectivity index is 0.00000392. The summed E-state index contributed by atoms with van der Waals surface area (Å²) in [5.41, 5.74) is 0.472. The van der Waals surface area contributed by atoms with E-state index in [1.807, 2.05) is 22.6 Å². The number of hydrazine groups is 1. The van der Waals surface area contributed by atoms with Crippen molar-refractivity contribution in [3.05, 3.63) is 59.2 Å². The molecule has 3 N–H and O–H groups in total. The highest BCUT2D eigenvalue weighted by Crippen LogP contribution is 2.28. The number of esters is 1. The number of urea groups is 1. The molecule has 0 aliphatic heterocycles. The van der Waals surface area contributed by atoms with Crippen LogP contribution in [0, 0.1) is 11.6 Å². The molecule has 1 unspecified atom stereocenters. The van der Waals surface area contributed by atoms with E-state index in [1.54, 1.807) is 6.92 Å². The molecule has 0 heterocycles. The molecular weight excluding hydrogens is 507 g/mol. The van der Waals surface area contributed by atoms with Crippen molar-refractivity contribution >= 4 is 47.0 Å². The lowest BCUT2D eigenvalue weighted by Gasteiger charge is -2.20. The molecule has 28 heavy (non-hydrogen) atoms. The van der Waals surface area contributed by atoms with Crippen molar-refractivity contribution < 1.29 is 23.1 Å². The minimum atomic E-state index is -0.851. The normalized spacial score (nSPS) is 11.2. The fraction of sp³-hybridized carbons (Fsp3) is 0.222. The highest BCUT2D eigenvalue weighted by molar-refractivity contribution is 14.1. The van der Waals surface area contributed by atoms with Crippen molar-refractivity contribution in [1.82, 2.24) is 10.3 Å². The molecule has 10 heteroatoms. The van der Waals surface area contributed by atoms with Crippen molar-refractivity contribution in [2.24, 2.45) is 5.84 Å². The molecule has 152 valence electrons. The Morgan fingerprint density at radius 1 is 1.25 bits per heavy atom. The second-order valence-electron chi connectivity index (χ2n) is 5.60. The quantitative estimate of drug-likeness (QED) is 0.118. The standard InChI is InChI=1S/C18H18F2IN3O3.ClH/c1-10(21)24(22)18(26)23-9-12-7-6-11(8-15(12)20)13-4-3-5-14(19)16(13)17(25)27-2;/h3-8,10H,9,22H2,1-2H3,(H,23,26);1H. The number of carbonyl (C=O) groups excluding carboxylic acids is 2. The van der Waals surface area contributed by atoms with Crippen molar-refractivity contribution in [2.75, 3.05) is 7.11 Å². The summed E-state index contributed by atoms with van der Waals surface area (Å²) in [6.07, 6.45) is 0. The number of rotatable bonds is 5. The fourth-order valence-corrected chi connectivity index (χ4v) is 2.61. The number of amides is 2. The zero-order valence-corrected chi connectivity index (χ0v) is 18.0. The molecule has 0 saturated heterocycles. The van der Waals surface area contributed by atoms with Crippen LogP contribution >= 0.6 is 35.0 Å². The number of benzene rings is 2. The summed E-state index contributed by atoms with van der Waals surface area (Å²) in [4.78, 5) is 23.7. The molecule has 0 aliphatic rings. The number of nitrogens with one attached hydrogen (secondary N) is 1. The number of halogens is 4. The minimum absolute atomic E-state index is 0. The molecule has 0 fully saturated rings. The van der Waals surface area contributed by atoms with Gasteiger partial charge in [-0.1, -0.05) is 46.9 Å². The average molecular weight is 526 g/mol. The Morgan fingerprint density at radius 2 is 1.93 bits per heavy atom. The molecule has 0 radical (unpaired) electrons. The number of hydrogen-bond acceptors (Lipinski definition) is 4. The molecule has 0 aliphatic carbocycles. The van der Waals surface area contributed by atoms with E-state index in [4.69, 9.17) is 5.84 Å². The van der Waals surface area contributed by atoms with E-state index < -0.39 is 23.6 Å². The number of nitrogens with zero attached hydrogens (tertiary/aromatic N) is 1. The third kappa shape index (κ3) is 5.52. The number of hydrogen-bond donors (Lipinski definition) is 2. The maximum Gasteiger partial charge on any atom is 0.341 e. The molecule has 2 aromatic rings. The Labute approximate surface area is 180 Å². The van der Waals surface area contributed by atoms with Gasteiger partial charge >= 0.3 is 12.0 Å².